The molecule has 1 aromatic rings. The van der Waals surface area contributed by atoms with E-state index in [0.29, 0.717) is 5.92 Å². The third-order valence-electron chi connectivity index (χ3n) is 4.15. The lowest BCUT2D eigenvalue weighted by molar-refractivity contribution is 0.381. The van der Waals surface area contributed by atoms with E-state index in [-0.39, 0.29) is 5.54 Å². The molecule has 0 aromatic heterocycles. The molecule has 1 unspecified atom stereocenters. The Morgan fingerprint density at radius 1 is 1.39 bits per heavy atom. The number of nitrogens with one attached hydrogen (secondary N) is 1. The number of hydrogen-bond acceptors (Lipinski definition) is 2. The summed E-state index contributed by atoms with van der Waals surface area (Å²) in [6, 6.07) is 6.95. The Labute approximate surface area is 111 Å². The zero-order chi connectivity index (χ0) is 13.3. The number of rotatable bonds is 3. The molecule has 0 aliphatic carbocycles. The first-order valence-corrected chi connectivity index (χ1v) is 7.04. The van der Waals surface area contributed by atoms with Crippen LogP contribution in [-0.4, -0.2) is 19.1 Å². The summed E-state index contributed by atoms with van der Waals surface area (Å²) >= 11 is 0. The van der Waals surface area contributed by atoms with E-state index in [4.69, 9.17) is 0 Å². The summed E-state index contributed by atoms with van der Waals surface area (Å²) in [6.45, 7) is 11.4. The third-order valence-corrected chi connectivity index (χ3v) is 4.15. The van der Waals surface area contributed by atoms with Gasteiger partial charge in [-0.3, -0.25) is 0 Å². The first-order chi connectivity index (χ1) is 8.49. The molecular weight excluding hydrogens is 220 g/mol. The van der Waals surface area contributed by atoms with Crippen molar-refractivity contribution in [3.05, 3.63) is 29.3 Å². The van der Waals surface area contributed by atoms with Gasteiger partial charge in [-0.25, -0.2) is 0 Å². The average Bonchev–Trinajstić information content (AvgIpc) is 2.29. The second-order valence-corrected chi connectivity index (χ2v) is 6.09. The minimum atomic E-state index is 0.270. The predicted molar refractivity (Wildman–Crippen MR) is 79.3 cm³/mol. The van der Waals surface area contributed by atoms with Gasteiger partial charge in [-0.15, -0.1) is 0 Å². The van der Waals surface area contributed by atoms with Crippen LogP contribution in [0.15, 0.2) is 18.2 Å². The van der Waals surface area contributed by atoms with E-state index in [1.807, 2.05) is 7.05 Å². The number of hydrogen-bond donors (Lipinski definition) is 1. The highest BCUT2D eigenvalue weighted by molar-refractivity contribution is 5.60. The van der Waals surface area contributed by atoms with Gasteiger partial charge in [0.2, 0.25) is 0 Å². The molecule has 0 amide bonds. The lowest BCUT2D eigenvalue weighted by Gasteiger charge is -2.47. The molecule has 2 heteroatoms. The van der Waals surface area contributed by atoms with E-state index < -0.39 is 0 Å². The molecule has 1 N–H and O–H groups in total. The summed E-state index contributed by atoms with van der Waals surface area (Å²) in [7, 11) is 2.00. The summed E-state index contributed by atoms with van der Waals surface area (Å²) in [6.07, 6.45) is 1.23. The number of anilines is 1. The Morgan fingerprint density at radius 3 is 2.72 bits per heavy atom. The van der Waals surface area contributed by atoms with Crippen LogP contribution in [0.3, 0.4) is 0 Å². The monoisotopic (exact) mass is 246 g/mol. The number of nitrogens with zero attached hydrogens (tertiary/aromatic N) is 1. The normalized spacial score (nSPS) is 21.8. The fourth-order valence-corrected chi connectivity index (χ4v) is 3.45. The SMILES string of the molecule is CCN1c2ccc(CNC)cc2C(C)CC1(C)C. The first-order valence-electron chi connectivity index (χ1n) is 7.04. The molecule has 0 saturated heterocycles. The molecule has 1 atom stereocenters. The maximum Gasteiger partial charge on any atom is 0.0406 e. The highest BCUT2D eigenvalue weighted by Gasteiger charge is 2.35. The Kier molecular flexibility index (Phi) is 3.67. The molecule has 0 bridgehead atoms. The van der Waals surface area contributed by atoms with E-state index >= 15 is 0 Å². The zero-order valence-electron chi connectivity index (χ0n) is 12.4. The summed E-state index contributed by atoms with van der Waals surface area (Å²) in [5.41, 5.74) is 4.61. The van der Waals surface area contributed by atoms with E-state index in [9.17, 15) is 0 Å². The van der Waals surface area contributed by atoms with Gasteiger partial charge in [0.05, 0.1) is 0 Å². The molecule has 100 valence electrons. The van der Waals surface area contributed by atoms with Gasteiger partial charge >= 0.3 is 0 Å². The maximum atomic E-state index is 3.23. The summed E-state index contributed by atoms with van der Waals surface area (Å²) in [5.74, 6) is 0.648. The average molecular weight is 246 g/mol. The Morgan fingerprint density at radius 2 is 2.11 bits per heavy atom. The summed E-state index contributed by atoms with van der Waals surface area (Å²) < 4.78 is 0. The molecule has 18 heavy (non-hydrogen) atoms. The summed E-state index contributed by atoms with van der Waals surface area (Å²) in [5, 5.41) is 3.23. The molecule has 0 fully saturated rings. The van der Waals surface area contributed by atoms with Crippen LogP contribution in [-0.2, 0) is 6.54 Å². The van der Waals surface area contributed by atoms with Gasteiger partial charge in [0.25, 0.3) is 0 Å². The Hall–Kier alpha value is -1.02. The van der Waals surface area contributed by atoms with Crippen molar-refractivity contribution in [2.75, 3.05) is 18.5 Å². The highest BCUT2D eigenvalue weighted by atomic mass is 15.2. The van der Waals surface area contributed by atoms with Gasteiger partial charge in [0.1, 0.15) is 0 Å². The molecule has 0 radical (unpaired) electrons. The van der Waals surface area contributed by atoms with Gasteiger partial charge in [0, 0.05) is 24.3 Å². The summed E-state index contributed by atoms with van der Waals surface area (Å²) in [4.78, 5) is 2.55. The van der Waals surface area contributed by atoms with Crippen LogP contribution in [0.1, 0.15) is 51.2 Å². The van der Waals surface area contributed by atoms with E-state index in [1.165, 1.54) is 23.2 Å². The lowest BCUT2D eigenvalue weighted by atomic mass is 9.79. The Balaban J connectivity index is 2.44. The van der Waals surface area contributed by atoms with Crippen molar-refractivity contribution in [2.24, 2.45) is 0 Å². The van der Waals surface area contributed by atoms with Gasteiger partial charge in [-0.1, -0.05) is 19.1 Å². The van der Waals surface area contributed by atoms with Crippen LogP contribution < -0.4 is 10.2 Å². The van der Waals surface area contributed by atoms with Crippen LogP contribution in [0.2, 0.25) is 0 Å². The van der Waals surface area contributed by atoms with Crippen molar-refractivity contribution in [3.63, 3.8) is 0 Å². The van der Waals surface area contributed by atoms with Crippen LogP contribution >= 0.6 is 0 Å². The van der Waals surface area contributed by atoms with Crippen molar-refractivity contribution >= 4 is 5.69 Å². The molecular formula is C16H26N2. The zero-order valence-corrected chi connectivity index (χ0v) is 12.4. The largest absolute Gasteiger partial charge is 0.366 e. The van der Waals surface area contributed by atoms with E-state index in [2.05, 4.69) is 56.1 Å². The van der Waals surface area contributed by atoms with Crippen molar-refractivity contribution in [3.8, 4) is 0 Å². The molecule has 1 heterocycles. The smallest absolute Gasteiger partial charge is 0.0406 e. The third kappa shape index (κ3) is 2.26. The Bertz CT molecular complexity index is 423. The quantitative estimate of drug-likeness (QED) is 0.878. The van der Waals surface area contributed by atoms with Crippen molar-refractivity contribution in [1.29, 1.82) is 0 Å². The fraction of sp³-hybridized carbons (Fsp3) is 0.625. The minimum absolute atomic E-state index is 0.270. The number of fused-ring (bicyclic) bond motifs is 1. The standard InChI is InChI=1S/C16H26N2/c1-6-18-15-8-7-13(11-17-5)9-14(15)12(2)10-16(18,3)4/h7-9,12,17H,6,10-11H2,1-5H3. The topological polar surface area (TPSA) is 15.3 Å². The minimum Gasteiger partial charge on any atom is -0.366 e. The molecule has 2 rings (SSSR count). The maximum absolute atomic E-state index is 3.23. The molecule has 1 aliphatic heterocycles. The van der Waals surface area contributed by atoms with Crippen molar-refractivity contribution < 1.29 is 0 Å². The van der Waals surface area contributed by atoms with E-state index in [1.54, 1.807) is 0 Å². The van der Waals surface area contributed by atoms with Crippen LogP contribution in [0.25, 0.3) is 0 Å². The highest BCUT2D eigenvalue weighted by Crippen LogP contribution is 2.43. The van der Waals surface area contributed by atoms with Gasteiger partial charge in [-0.2, -0.15) is 0 Å². The van der Waals surface area contributed by atoms with Crippen LogP contribution in [0.4, 0.5) is 5.69 Å². The van der Waals surface area contributed by atoms with E-state index in [0.717, 1.165) is 13.1 Å². The fourth-order valence-electron chi connectivity index (χ4n) is 3.45. The molecule has 1 aliphatic rings. The predicted octanol–water partition coefficient (Wildman–Crippen LogP) is 3.52. The molecule has 2 nitrogen and oxygen atoms in total. The van der Waals surface area contributed by atoms with Crippen LogP contribution in [0.5, 0.6) is 0 Å². The van der Waals surface area contributed by atoms with Crippen LogP contribution in [0, 0.1) is 0 Å². The lowest BCUT2D eigenvalue weighted by Crippen LogP contribution is -2.48. The second-order valence-electron chi connectivity index (χ2n) is 6.09. The molecule has 0 spiro atoms. The van der Waals surface area contributed by atoms with Gasteiger partial charge in [0.15, 0.2) is 0 Å². The molecule has 0 saturated carbocycles. The first kappa shape index (κ1) is 13.4. The number of benzene rings is 1. The van der Waals surface area contributed by atoms with Gasteiger partial charge in [-0.05, 0) is 57.4 Å². The molecule has 1 aromatic carbocycles. The van der Waals surface area contributed by atoms with Crippen molar-refractivity contribution in [2.45, 2.75) is 52.1 Å². The van der Waals surface area contributed by atoms with Crippen molar-refractivity contribution in [1.82, 2.24) is 5.32 Å². The second kappa shape index (κ2) is 4.93. The van der Waals surface area contributed by atoms with Gasteiger partial charge < -0.3 is 10.2 Å².